The van der Waals surface area contributed by atoms with Gasteiger partial charge in [-0.1, -0.05) is 29.3 Å². The molecule has 0 saturated carbocycles. The van der Waals surface area contributed by atoms with Crippen LogP contribution in [0.25, 0.3) is 11.5 Å². The molecule has 122 valence electrons. The Kier molecular flexibility index (Phi) is 4.71. The lowest BCUT2D eigenvalue weighted by atomic mass is 10.0. The third kappa shape index (κ3) is 3.59. The van der Waals surface area contributed by atoms with Gasteiger partial charge in [-0.2, -0.15) is 4.98 Å². The van der Waals surface area contributed by atoms with Crippen molar-refractivity contribution in [1.82, 2.24) is 20.4 Å². The van der Waals surface area contributed by atoms with Crippen LogP contribution in [0, 0.1) is 6.92 Å². The minimum atomic E-state index is -0.102. The lowest BCUT2D eigenvalue weighted by molar-refractivity contribution is -0.127. The van der Waals surface area contributed by atoms with Gasteiger partial charge in [0.1, 0.15) is 0 Å². The molecule has 2 aromatic rings. The van der Waals surface area contributed by atoms with Crippen molar-refractivity contribution in [2.45, 2.75) is 38.8 Å². The molecule has 6 nitrogen and oxygen atoms in total. The predicted octanol–water partition coefficient (Wildman–Crippen LogP) is 2.15. The van der Waals surface area contributed by atoms with Crippen LogP contribution >= 0.6 is 0 Å². The summed E-state index contributed by atoms with van der Waals surface area (Å²) in [5.74, 6) is 1.21. The number of benzene rings is 1. The van der Waals surface area contributed by atoms with Crippen molar-refractivity contribution >= 4 is 5.91 Å². The Morgan fingerprint density at radius 1 is 1.35 bits per heavy atom. The topological polar surface area (TPSA) is 71.3 Å². The predicted molar refractivity (Wildman–Crippen MR) is 86.6 cm³/mol. The van der Waals surface area contributed by atoms with Crippen LogP contribution in [-0.2, 0) is 11.3 Å². The van der Waals surface area contributed by atoms with Gasteiger partial charge in [-0.25, -0.2) is 0 Å². The number of likely N-dealkylation sites (N-methyl/N-ethyl adjacent to an activating group) is 1. The molecular weight excluding hydrogens is 292 g/mol. The third-order valence-electron chi connectivity index (χ3n) is 4.27. The molecule has 6 heteroatoms. The van der Waals surface area contributed by atoms with Gasteiger partial charge in [0, 0.05) is 12.6 Å². The molecule has 2 heterocycles. The van der Waals surface area contributed by atoms with E-state index in [2.05, 4.69) is 20.4 Å². The molecule has 1 aliphatic rings. The maximum Gasteiger partial charge on any atom is 0.257 e. The highest BCUT2D eigenvalue weighted by atomic mass is 16.5. The average Bonchev–Trinajstić information content (AvgIpc) is 3.04. The van der Waals surface area contributed by atoms with Gasteiger partial charge in [0.15, 0.2) is 5.82 Å². The number of rotatable bonds is 4. The Labute approximate surface area is 135 Å². The SMILES string of the molecule is CNC(=O)[C@@H]1CCCCN1Cc1noc(-c2ccc(C)cc2)n1. The smallest absolute Gasteiger partial charge is 0.257 e. The number of hydrogen-bond acceptors (Lipinski definition) is 5. The summed E-state index contributed by atoms with van der Waals surface area (Å²) < 4.78 is 5.37. The van der Waals surface area contributed by atoms with Crippen molar-refractivity contribution in [3.63, 3.8) is 0 Å². The molecule has 0 radical (unpaired) electrons. The number of aromatic nitrogens is 2. The van der Waals surface area contributed by atoms with E-state index in [1.54, 1.807) is 7.05 Å². The van der Waals surface area contributed by atoms with Crippen LogP contribution in [0.5, 0.6) is 0 Å². The first-order chi connectivity index (χ1) is 11.2. The van der Waals surface area contributed by atoms with Crippen LogP contribution in [0.2, 0.25) is 0 Å². The largest absolute Gasteiger partial charge is 0.358 e. The summed E-state index contributed by atoms with van der Waals surface area (Å²) in [6.07, 6.45) is 3.05. The van der Waals surface area contributed by atoms with Gasteiger partial charge in [0.25, 0.3) is 5.89 Å². The number of nitrogens with one attached hydrogen (secondary N) is 1. The van der Waals surface area contributed by atoms with Gasteiger partial charge < -0.3 is 9.84 Å². The fraction of sp³-hybridized carbons (Fsp3) is 0.471. The van der Waals surface area contributed by atoms with Crippen molar-refractivity contribution in [3.05, 3.63) is 35.7 Å². The lowest BCUT2D eigenvalue weighted by Crippen LogP contribution is -2.48. The van der Waals surface area contributed by atoms with Crippen molar-refractivity contribution in [1.29, 1.82) is 0 Å². The zero-order chi connectivity index (χ0) is 16.2. The second-order valence-electron chi connectivity index (χ2n) is 5.98. The summed E-state index contributed by atoms with van der Waals surface area (Å²) in [6.45, 7) is 3.46. The highest BCUT2D eigenvalue weighted by Crippen LogP contribution is 2.21. The maximum atomic E-state index is 12.0. The van der Waals surface area contributed by atoms with E-state index in [-0.39, 0.29) is 11.9 Å². The van der Waals surface area contributed by atoms with E-state index in [0.717, 1.165) is 31.4 Å². The highest BCUT2D eigenvalue weighted by molar-refractivity contribution is 5.81. The summed E-state index contributed by atoms with van der Waals surface area (Å²) >= 11 is 0. The zero-order valence-electron chi connectivity index (χ0n) is 13.6. The quantitative estimate of drug-likeness (QED) is 0.936. The number of carbonyl (C=O) groups excluding carboxylic acids is 1. The first-order valence-electron chi connectivity index (χ1n) is 8.02. The molecule has 1 aliphatic heterocycles. The van der Waals surface area contributed by atoms with Gasteiger partial charge in [0.2, 0.25) is 5.91 Å². The molecule has 1 saturated heterocycles. The van der Waals surface area contributed by atoms with E-state index in [9.17, 15) is 4.79 Å². The Hall–Kier alpha value is -2.21. The third-order valence-corrected chi connectivity index (χ3v) is 4.27. The molecule has 1 amide bonds. The molecule has 0 aliphatic carbocycles. The normalized spacial score (nSPS) is 18.8. The van der Waals surface area contributed by atoms with Crippen LogP contribution in [0.1, 0.15) is 30.7 Å². The lowest BCUT2D eigenvalue weighted by Gasteiger charge is -2.33. The van der Waals surface area contributed by atoms with Crippen LogP contribution in [0.3, 0.4) is 0 Å². The molecule has 1 fully saturated rings. The summed E-state index contributed by atoms with van der Waals surface area (Å²) in [5.41, 5.74) is 2.10. The number of nitrogens with zero attached hydrogens (tertiary/aromatic N) is 3. The van der Waals surface area contributed by atoms with E-state index >= 15 is 0 Å². The molecule has 1 aromatic heterocycles. The van der Waals surface area contributed by atoms with E-state index in [1.807, 2.05) is 31.2 Å². The molecule has 3 rings (SSSR count). The Balaban J connectivity index is 1.72. The molecular formula is C17H22N4O2. The van der Waals surface area contributed by atoms with Gasteiger partial charge in [-0.15, -0.1) is 0 Å². The van der Waals surface area contributed by atoms with Gasteiger partial charge >= 0.3 is 0 Å². The maximum absolute atomic E-state index is 12.0. The van der Waals surface area contributed by atoms with Crippen LogP contribution in [-0.4, -0.2) is 40.6 Å². The molecule has 1 N–H and O–H groups in total. The standard InChI is InChI=1S/C17H22N4O2/c1-12-6-8-13(9-7-12)17-19-15(20-23-17)11-21-10-4-3-5-14(21)16(22)18-2/h6-9,14H,3-5,10-11H2,1-2H3,(H,18,22)/t14-/m0/s1. The summed E-state index contributed by atoms with van der Waals surface area (Å²) in [6, 6.07) is 7.88. The van der Waals surface area contributed by atoms with Gasteiger partial charge in [-0.05, 0) is 38.4 Å². The van der Waals surface area contributed by atoms with Crippen molar-refractivity contribution in [3.8, 4) is 11.5 Å². The Morgan fingerprint density at radius 3 is 2.87 bits per heavy atom. The first kappa shape index (κ1) is 15.7. The number of aryl methyl sites for hydroxylation is 1. The van der Waals surface area contributed by atoms with Gasteiger partial charge in [-0.3, -0.25) is 9.69 Å². The summed E-state index contributed by atoms with van der Waals surface area (Å²) in [7, 11) is 1.68. The number of carbonyl (C=O) groups is 1. The molecule has 0 unspecified atom stereocenters. The van der Waals surface area contributed by atoms with E-state index in [4.69, 9.17) is 4.52 Å². The highest BCUT2D eigenvalue weighted by Gasteiger charge is 2.29. The second kappa shape index (κ2) is 6.91. The average molecular weight is 314 g/mol. The molecule has 23 heavy (non-hydrogen) atoms. The molecule has 0 bridgehead atoms. The molecule has 0 spiro atoms. The first-order valence-corrected chi connectivity index (χ1v) is 8.02. The summed E-state index contributed by atoms with van der Waals surface area (Å²) in [4.78, 5) is 18.6. The second-order valence-corrected chi connectivity index (χ2v) is 5.98. The van der Waals surface area contributed by atoms with E-state index in [1.165, 1.54) is 5.56 Å². The van der Waals surface area contributed by atoms with Crippen molar-refractivity contribution < 1.29 is 9.32 Å². The Morgan fingerprint density at radius 2 is 2.13 bits per heavy atom. The minimum Gasteiger partial charge on any atom is -0.358 e. The zero-order valence-corrected chi connectivity index (χ0v) is 13.6. The summed E-state index contributed by atoms with van der Waals surface area (Å²) in [5, 5.41) is 6.81. The van der Waals surface area contributed by atoms with Crippen LogP contribution in [0.4, 0.5) is 0 Å². The fourth-order valence-electron chi connectivity index (χ4n) is 2.96. The van der Waals surface area contributed by atoms with Crippen LogP contribution in [0.15, 0.2) is 28.8 Å². The van der Waals surface area contributed by atoms with Crippen LogP contribution < -0.4 is 5.32 Å². The monoisotopic (exact) mass is 314 g/mol. The van der Waals surface area contributed by atoms with E-state index in [0.29, 0.717) is 18.3 Å². The number of likely N-dealkylation sites (tertiary alicyclic amines) is 1. The number of piperidine rings is 1. The van der Waals surface area contributed by atoms with Crippen molar-refractivity contribution in [2.24, 2.45) is 0 Å². The number of hydrogen-bond donors (Lipinski definition) is 1. The van der Waals surface area contributed by atoms with Gasteiger partial charge in [0.05, 0.1) is 12.6 Å². The fourth-order valence-corrected chi connectivity index (χ4v) is 2.96. The molecule has 1 atom stereocenters. The van der Waals surface area contributed by atoms with Crippen molar-refractivity contribution in [2.75, 3.05) is 13.6 Å². The minimum absolute atomic E-state index is 0.0620. The van der Waals surface area contributed by atoms with E-state index < -0.39 is 0 Å². The number of amides is 1. The Bertz CT molecular complexity index is 665. The molecule has 1 aromatic carbocycles.